The van der Waals surface area contributed by atoms with Crippen molar-refractivity contribution < 1.29 is 0 Å². The second kappa shape index (κ2) is 5.36. The summed E-state index contributed by atoms with van der Waals surface area (Å²) in [6.07, 6.45) is 0. The first-order valence-electron chi connectivity index (χ1n) is 6.43. The summed E-state index contributed by atoms with van der Waals surface area (Å²) in [5.41, 5.74) is 6.70. The van der Waals surface area contributed by atoms with Gasteiger partial charge in [-0.05, 0) is 50.1 Å². The Bertz CT molecular complexity index is 543. The number of nitrogens with one attached hydrogen (secondary N) is 1. The van der Waals surface area contributed by atoms with Crippen molar-refractivity contribution in [2.24, 2.45) is 0 Å². The average Bonchev–Trinajstić information content (AvgIpc) is 2.34. The molecule has 0 aromatic heterocycles. The Morgan fingerprint density at radius 1 is 0.833 bits per heavy atom. The predicted molar refractivity (Wildman–Crippen MR) is 78.0 cm³/mol. The molecule has 0 radical (unpaired) electrons. The van der Waals surface area contributed by atoms with E-state index in [-0.39, 0.29) is 6.04 Å². The minimum Gasteiger partial charge on any atom is -0.309 e. The van der Waals surface area contributed by atoms with Crippen LogP contribution in [0.3, 0.4) is 0 Å². The van der Waals surface area contributed by atoms with E-state index in [9.17, 15) is 0 Å². The highest BCUT2D eigenvalue weighted by molar-refractivity contribution is 5.41. The monoisotopic (exact) mass is 239 g/mol. The molecule has 2 aromatic rings. The molecule has 94 valence electrons. The second-order valence-corrected chi connectivity index (χ2v) is 4.94. The zero-order valence-electron chi connectivity index (χ0n) is 11.6. The summed E-state index contributed by atoms with van der Waals surface area (Å²) in [5.74, 6) is 0. The first-order valence-corrected chi connectivity index (χ1v) is 6.43. The zero-order valence-corrected chi connectivity index (χ0v) is 11.6. The lowest BCUT2D eigenvalue weighted by Gasteiger charge is -2.21. The van der Waals surface area contributed by atoms with E-state index in [1.165, 1.54) is 27.8 Å². The van der Waals surface area contributed by atoms with Crippen LogP contribution in [0.2, 0.25) is 0 Å². The van der Waals surface area contributed by atoms with E-state index in [1.807, 2.05) is 7.05 Å². The van der Waals surface area contributed by atoms with Gasteiger partial charge in [-0.25, -0.2) is 0 Å². The average molecular weight is 239 g/mol. The van der Waals surface area contributed by atoms with E-state index in [0.717, 1.165) is 0 Å². The molecule has 0 aliphatic carbocycles. The van der Waals surface area contributed by atoms with Gasteiger partial charge >= 0.3 is 0 Å². The SMILES string of the molecule is CNC(c1ccccc1C)c1ccc(C)cc1C. The molecule has 1 heteroatoms. The van der Waals surface area contributed by atoms with Gasteiger partial charge in [0.15, 0.2) is 0 Å². The molecule has 1 nitrogen and oxygen atoms in total. The van der Waals surface area contributed by atoms with Crippen molar-refractivity contribution in [3.05, 3.63) is 70.3 Å². The predicted octanol–water partition coefficient (Wildman–Crippen LogP) is 3.92. The van der Waals surface area contributed by atoms with Gasteiger partial charge in [0.25, 0.3) is 0 Å². The fourth-order valence-corrected chi connectivity index (χ4v) is 2.54. The Morgan fingerprint density at radius 2 is 1.50 bits per heavy atom. The third-order valence-electron chi connectivity index (χ3n) is 3.52. The molecule has 0 amide bonds. The minimum atomic E-state index is 0.270. The Kier molecular flexibility index (Phi) is 3.83. The van der Waals surface area contributed by atoms with Crippen LogP contribution in [0.4, 0.5) is 0 Å². The summed E-state index contributed by atoms with van der Waals surface area (Å²) in [6, 6.07) is 15.5. The zero-order chi connectivity index (χ0) is 13.1. The smallest absolute Gasteiger partial charge is 0.0579 e. The first-order chi connectivity index (χ1) is 8.63. The van der Waals surface area contributed by atoms with Gasteiger partial charge in [-0.3, -0.25) is 0 Å². The Hall–Kier alpha value is -1.60. The normalized spacial score (nSPS) is 12.4. The van der Waals surface area contributed by atoms with E-state index < -0.39 is 0 Å². The number of hydrogen-bond acceptors (Lipinski definition) is 1. The maximum absolute atomic E-state index is 3.44. The molecule has 18 heavy (non-hydrogen) atoms. The van der Waals surface area contributed by atoms with E-state index in [2.05, 4.69) is 68.6 Å². The summed E-state index contributed by atoms with van der Waals surface area (Å²) in [6.45, 7) is 6.49. The van der Waals surface area contributed by atoms with Crippen molar-refractivity contribution in [3.8, 4) is 0 Å². The number of aryl methyl sites for hydroxylation is 3. The van der Waals surface area contributed by atoms with Crippen LogP contribution in [0.15, 0.2) is 42.5 Å². The molecule has 2 aromatic carbocycles. The van der Waals surface area contributed by atoms with Gasteiger partial charge in [-0.15, -0.1) is 0 Å². The summed E-state index contributed by atoms with van der Waals surface area (Å²) < 4.78 is 0. The topological polar surface area (TPSA) is 12.0 Å². The first kappa shape index (κ1) is 12.8. The van der Waals surface area contributed by atoms with Crippen LogP contribution in [0.1, 0.15) is 33.9 Å². The largest absolute Gasteiger partial charge is 0.309 e. The standard InChI is InChI=1S/C17H21N/c1-12-9-10-16(14(3)11-12)17(18-4)15-8-6-5-7-13(15)2/h5-11,17-18H,1-4H3. The van der Waals surface area contributed by atoms with Gasteiger partial charge in [0.1, 0.15) is 0 Å². The van der Waals surface area contributed by atoms with Crippen LogP contribution >= 0.6 is 0 Å². The molecule has 0 bridgehead atoms. The molecule has 0 heterocycles. The molecule has 1 N–H and O–H groups in total. The lowest BCUT2D eigenvalue weighted by molar-refractivity contribution is 0.683. The lowest BCUT2D eigenvalue weighted by atomic mass is 9.91. The van der Waals surface area contributed by atoms with Crippen LogP contribution in [-0.2, 0) is 0 Å². The summed E-state index contributed by atoms with van der Waals surface area (Å²) in [7, 11) is 2.02. The highest BCUT2D eigenvalue weighted by atomic mass is 14.9. The van der Waals surface area contributed by atoms with Gasteiger partial charge in [0, 0.05) is 0 Å². The van der Waals surface area contributed by atoms with Gasteiger partial charge < -0.3 is 5.32 Å². The fourth-order valence-electron chi connectivity index (χ4n) is 2.54. The molecule has 0 aliphatic rings. The van der Waals surface area contributed by atoms with E-state index in [4.69, 9.17) is 0 Å². The van der Waals surface area contributed by atoms with Crippen molar-refractivity contribution in [1.82, 2.24) is 5.32 Å². The van der Waals surface area contributed by atoms with E-state index in [0.29, 0.717) is 0 Å². The Labute approximate surface area is 110 Å². The molecule has 0 saturated heterocycles. The van der Waals surface area contributed by atoms with E-state index >= 15 is 0 Å². The number of benzene rings is 2. The third-order valence-corrected chi connectivity index (χ3v) is 3.52. The van der Waals surface area contributed by atoms with Crippen molar-refractivity contribution >= 4 is 0 Å². The van der Waals surface area contributed by atoms with Crippen LogP contribution < -0.4 is 5.32 Å². The van der Waals surface area contributed by atoms with Crippen LogP contribution in [0.5, 0.6) is 0 Å². The molecule has 0 saturated carbocycles. The molecular formula is C17H21N. The molecule has 1 atom stereocenters. The molecule has 0 spiro atoms. The van der Waals surface area contributed by atoms with Gasteiger partial charge in [0.05, 0.1) is 6.04 Å². The van der Waals surface area contributed by atoms with Crippen LogP contribution in [0.25, 0.3) is 0 Å². The molecule has 0 fully saturated rings. The maximum atomic E-state index is 3.44. The maximum Gasteiger partial charge on any atom is 0.0579 e. The molecule has 1 unspecified atom stereocenters. The number of rotatable bonds is 3. The van der Waals surface area contributed by atoms with Crippen LogP contribution in [-0.4, -0.2) is 7.05 Å². The molecular weight excluding hydrogens is 218 g/mol. The molecule has 0 aliphatic heterocycles. The summed E-state index contributed by atoms with van der Waals surface area (Å²) in [4.78, 5) is 0. The molecule has 2 rings (SSSR count). The van der Waals surface area contributed by atoms with Crippen LogP contribution in [0, 0.1) is 20.8 Å². The van der Waals surface area contributed by atoms with E-state index in [1.54, 1.807) is 0 Å². The minimum absolute atomic E-state index is 0.270. The summed E-state index contributed by atoms with van der Waals surface area (Å²) >= 11 is 0. The van der Waals surface area contributed by atoms with Gasteiger partial charge in [-0.2, -0.15) is 0 Å². The highest BCUT2D eigenvalue weighted by Gasteiger charge is 2.15. The highest BCUT2D eigenvalue weighted by Crippen LogP contribution is 2.27. The quantitative estimate of drug-likeness (QED) is 0.856. The lowest BCUT2D eigenvalue weighted by Crippen LogP contribution is -2.19. The van der Waals surface area contributed by atoms with Crippen molar-refractivity contribution in [2.75, 3.05) is 7.05 Å². The van der Waals surface area contributed by atoms with Crippen molar-refractivity contribution in [1.29, 1.82) is 0 Å². The number of hydrogen-bond donors (Lipinski definition) is 1. The third kappa shape index (κ3) is 2.46. The Balaban J connectivity index is 2.49. The Morgan fingerprint density at radius 3 is 2.11 bits per heavy atom. The van der Waals surface area contributed by atoms with Gasteiger partial charge in [0.2, 0.25) is 0 Å². The van der Waals surface area contributed by atoms with Crippen molar-refractivity contribution in [2.45, 2.75) is 26.8 Å². The summed E-state index contributed by atoms with van der Waals surface area (Å²) in [5, 5.41) is 3.44. The van der Waals surface area contributed by atoms with Crippen molar-refractivity contribution in [3.63, 3.8) is 0 Å². The second-order valence-electron chi connectivity index (χ2n) is 4.94. The van der Waals surface area contributed by atoms with Gasteiger partial charge in [-0.1, -0.05) is 48.0 Å². The fraction of sp³-hybridized carbons (Fsp3) is 0.294.